The van der Waals surface area contributed by atoms with Crippen LogP contribution in [-0.2, 0) is 16.4 Å². The van der Waals surface area contributed by atoms with E-state index in [2.05, 4.69) is 4.98 Å². The lowest BCUT2D eigenvalue weighted by atomic mass is 10.1. The molecule has 1 heterocycles. The van der Waals surface area contributed by atoms with Crippen LogP contribution in [0.2, 0.25) is 0 Å². The number of oxazole rings is 1. The Balaban J connectivity index is 1.95. The Hall–Kier alpha value is -3.36. The van der Waals surface area contributed by atoms with Crippen LogP contribution in [0.15, 0.2) is 82.1 Å². The lowest BCUT2D eigenvalue weighted by Gasteiger charge is -2.07. The average molecular weight is 426 g/mol. The van der Waals surface area contributed by atoms with Gasteiger partial charge in [-0.2, -0.15) is 0 Å². The van der Waals surface area contributed by atoms with Gasteiger partial charge in [-0.15, -0.1) is 0 Å². The third-order valence-electron chi connectivity index (χ3n) is 4.49. The van der Waals surface area contributed by atoms with Crippen molar-refractivity contribution in [2.45, 2.75) is 11.3 Å². The Bertz CT molecular complexity index is 1320. The summed E-state index contributed by atoms with van der Waals surface area (Å²) in [4.78, 5) is 4.23. The number of rotatable bonds is 5. The van der Waals surface area contributed by atoms with Crippen LogP contribution in [0.3, 0.4) is 0 Å². The highest BCUT2D eigenvalue weighted by Gasteiger charge is 2.25. The number of hydrogen-bond acceptors (Lipinski definition) is 4. The van der Waals surface area contributed by atoms with E-state index in [0.717, 1.165) is 23.8 Å². The van der Waals surface area contributed by atoms with Crippen molar-refractivity contribution < 1.29 is 21.6 Å². The molecule has 3 aromatic carbocycles. The average Bonchev–Trinajstić information content (AvgIpc) is 3.13. The minimum absolute atomic E-state index is 0.0649. The smallest absolute Gasteiger partial charge is 0.238 e. The first-order valence-corrected chi connectivity index (χ1v) is 10.5. The maximum atomic E-state index is 14.5. The van der Waals surface area contributed by atoms with E-state index in [0.29, 0.717) is 0 Å². The van der Waals surface area contributed by atoms with E-state index in [1.54, 1.807) is 6.07 Å². The van der Waals surface area contributed by atoms with Crippen LogP contribution >= 0.6 is 0 Å². The summed E-state index contributed by atoms with van der Waals surface area (Å²) in [6.07, 6.45) is 0.280. The summed E-state index contributed by atoms with van der Waals surface area (Å²) in [6, 6.07) is 18.1. The summed E-state index contributed by atoms with van der Waals surface area (Å²) in [5, 5.41) is 5.35. The van der Waals surface area contributed by atoms with Crippen molar-refractivity contribution in [3.8, 4) is 22.6 Å². The standard InChI is InChI=1S/C22H16F2N2O3S/c23-15-10-11-18(24)17(13-15)22-21(16-8-4-5-9-19(16)30(25,27)28)26-20(29-22)12-14-6-2-1-3-7-14/h1-11,13H,12H2,(H2,25,27,28). The van der Waals surface area contributed by atoms with Gasteiger partial charge in [0.2, 0.25) is 10.0 Å². The molecule has 0 saturated heterocycles. The van der Waals surface area contributed by atoms with Crippen LogP contribution in [0.25, 0.3) is 22.6 Å². The van der Waals surface area contributed by atoms with E-state index in [4.69, 9.17) is 9.56 Å². The van der Waals surface area contributed by atoms with Crippen molar-refractivity contribution >= 4 is 10.0 Å². The largest absolute Gasteiger partial charge is 0.440 e. The molecule has 0 aliphatic carbocycles. The number of hydrogen-bond donors (Lipinski definition) is 1. The minimum atomic E-state index is -4.10. The molecule has 0 radical (unpaired) electrons. The molecule has 4 aromatic rings. The molecule has 1 aromatic heterocycles. The van der Waals surface area contributed by atoms with Crippen molar-refractivity contribution in [2.75, 3.05) is 0 Å². The van der Waals surface area contributed by atoms with Gasteiger partial charge in [0.1, 0.15) is 17.3 Å². The molecule has 152 valence electrons. The maximum Gasteiger partial charge on any atom is 0.238 e. The van der Waals surface area contributed by atoms with Crippen molar-refractivity contribution in [1.82, 2.24) is 4.98 Å². The Labute approximate surface area is 171 Å². The molecule has 0 fully saturated rings. The fourth-order valence-electron chi connectivity index (χ4n) is 3.16. The van der Waals surface area contributed by atoms with Crippen molar-refractivity contribution in [1.29, 1.82) is 0 Å². The van der Waals surface area contributed by atoms with Gasteiger partial charge in [-0.3, -0.25) is 0 Å². The molecule has 8 heteroatoms. The zero-order valence-corrected chi connectivity index (χ0v) is 16.4. The third kappa shape index (κ3) is 4.00. The monoisotopic (exact) mass is 426 g/mol. The topological polar surface area (TPSA) is 86.2 Å². The van der Waals surface area contributed by atoms with Gasteiger partial charge >= 0.3 is 0 Å². The van der Waals surface area contributed by atoms with Crippen LogP contribution in [0.5, 0.6) is 0 Å². The number of aromatic nitrogens is 1. The zero-order chi connectivity index (χ0) is 21.3. The number of benzene rings is 3. The Morgan fingerprint density at radius 1 is 0.900 bits per heavy atom. The van der Waals surface area contributed by atoms with Crippen molar-refractivity contribution in [2.24, 2.45) is 5.14 Å². The molecule has 4 rings (SSSR count). The first kappa shape index (κ1) is 19.9. The minimum Gasteiger partial charge on any atom is -0.440 e. The molecule has 0 unspecified atom stereocenters. The highest BCUT2D eigenvalue weighted by Crippen LogP contribution is 2.37. The zero-order valence-electron chi connectivity index (χ0n) is 15.5. The van der Waals surface area contributed by atoms with E-state index in [1.807, 2.05) is 30.3 Å². The van der Waals surface area contributed by atoms with Gasteiger partial charge in [0.15, 0.2) is 11.7 Å². The van der Waals surface area contributed by atoms with Crippen molar-refractivity contribution in [3.05, 3.63) is 95.9 Å². The van der Waals surface area contributed by atoms with Crippen LogP contribution in [0, 0.1) is 11.6 Å². The Morgan fingerprint density at radius 3 is 2.33 bits per heavy atom. The summed E-state index contributed by atoms with van der Waals surface area (Å²) in [5.41, 5.74) is 0.925. The van der Waals surface area contributed by atoms with Gasteiger partial charge in [0.25, 0.3) is 0 Å². The predicted molar refractivity (Wildman–Crippen MR) is 108 cm³/mol. The molecule has 0 saturated carbocycles. The van der Waals surface area contributed by atoms with E-state index < -0.39 is 21.7 Å². The van der Waals surface area contributed by atoms with Gasteiger partial charge in [-0.25, -0.2) is 27.3 Å². The lowest BCUT2D eigenvalue weighted by molar-refractivity contribution is 0.513. The fourth-order valence-corrected chi connectivity index (χ4v) is 3.90. The normalized spacial score (nSPS) is 11.6. The van der Waals surface area contributed by atoms with Crippen LogP contribution in [0.1, 0.15) is 11.5 Å². The number of halogens is 2. The molecule has 0 aliphatic heterocycles. The second-order valence-corrected chi connectivity index (χ2v) is 8.14. The van der Waals surface area contributed by atoms with Gasteiger partial charge in [-0.1, -0.05) is 48.5 Å². The van der Waals surface area contributed by atoms with E-state index >= 15 is 0 Å². The van der Waals surface area contributed by atoms with Gasteiger partial charge in [-0.05, 0) is 29.8 Å². The van der Waals surface area contributed by atoms with Crippen molar-refractivity contribution in [3.63, 3.8) is 0 Å². The second-order valence-electron chi connectivity index (χ2n) is 6.61. The summed E-state index contributed by atoms with van der Waals surface area (Å²) in [6.45, 7) is 0. The lowest BCUT2D eigenvalue weighted by Crippen LogP contribution is -2.13. The predicted octanol–water partition coefficient (Wildman–Crippen LogP) is 4.53. The molecule has 2 N–H and O–H groups in total. The van der Waals surface area contributed by atoms with Crippen LogP contribution in [0.4, 0.5) is 8.78 Å². The maximum absolute atomic E-state index is 14.5. The van der Waals surface area contributed by atoms with E-state index in [-0.39, 0.29) is 39.8 Å². The first-order valence-electron chi connectivity index (χ1n) is 8.94. The summed E-state index contributed by atoms with van der Waals surface area (Å²) in [5.74, 6) is -1.25. The molecule has 5 nitrogen and oxygen atoms in total. The second kappa shape index (κ2) is 7.81. The number of sulfonamides is 1. The van der Waals surface area contributed by atoms with Crippen LogP contribution in [-0.4, -0.2) is 13.4 Å². The molecule has 0 bridgehead atoms. The van der Waals surface area contributed by atoms with E-state index in [9.17, 15) is 17.2 Å². The highest BCUT2D eigenvalue weighted by molar-refractivity contribution is 7.89. The molecular formula is C22H16F2N2O3S. The quantitative estimate of drug-likeness (QED) is 0.508. The molecule has 0 aliphatic rings. The Kier molecular flexibility index (Phi) is 5.19. The van der Waals surface area contributed by atoms with Gasteiger partial charge < -0.3 is 4.42 Å². The van der Waals surface area contributed by atoms with E-state index in [1.165, 1.54) is 18.2 Å². The highest BCUT2D eigenvalue weighted by atomic mass is 32.2. The number of nitrogens with zero attached hydrogens (tertiary/aromatic N) is 1. The summed E-state index contributed by atoms with van der Waals surface area (Å²) in [7, 11) is -4.10. The number of primary sulfonamides is 1. The molecule has 0 spiro atoms. The molecule has 0 amide bonds. The SMILES string of the molecule is NS(=O)(=O)c1ccccc1-c1nc(Cc2ccccc2)oc1-c1cc(F)ccc1F. The fraction of sp³-hybridized carbons (Fsp3) is 0.0455. The first-order chi connectivity index (χ1) is 14.3. The van der Waals surface area contributed by atoms with Crippen LogP contribution < -0.4 is 5.14 Å². The summed E-state index contributed by atoms with van der Waals surface area (Å²) < 4.78 is 58.3. The number of nitrogens with two attached hydrogens (primary N) is 1. The Morgan fingerprint density at radius 2 is 1.60 bits per heavy atom. The summed E-state index contributed by atoms with van der Waals surface area (Å²) >= 11 is 0. The molecular weight excluding hydrogens is 410 g/mol. The molecule has 0 atom stereocenters. The third-order valence-corrected chi connectivity index (χ3v) is 5.46. The van der Waals surface area contributed by atoms with Gasteiger partial charge in [0, 0.05) is 12.0 Å². The molecule has 30 heavy (non-hydrogen) atoms. The van der Waals surface area contributed by atoms with Gasteiger partial charge in [0.05, 0.1) is 10.5 Å².